The highest BCUT2D eigenvalue weighted by Crippen LogP contribution is 2.49. The minimum Gasteiger partial charge on any atom is -0.490 e. The summed E-state index contributed by atoms with van der Waals surface area (Å²) in [6, 6.07) is 6.26. The van der Waals surface area contributed by atoms with Crippen LogP contribution in [0.2, 0.25) is 0 Å². The van der Waals surface area contributed by atoms with Gasteiger partial charge >= 0.3 is 0 Å². The number of hydrogen-bond donors (Lipinski definition) is 0. The Morgan fingerprint density at radius 1 is 0.963 bits per heavy atom. The van der Waals surface area contributed by atoms with Crippen LogP contribution in [0.25, 0.3) is 0 Å². The third-order valence-corrected chi connectivity index (χ3v) is 6.50. The zero-order chi connectivity index (χ0) is 18.7. The number of Topliss-reactive ketones (excluding diaryl/α,β-unsaturated/α-hetero) is 2. The molecular formula is C23H25NO3. The van der Waals surface area contributed by atoms with E-state index in [0.717, 1.165) is 66.0 Å². The van der Waals surface area contributed by atoms with Gasteiger partial charge in [0.2, 0.25) is 0 Å². The van der Waals surface area contributed by atoms with E-state index in [-0.39, 0.29) is 23.6 Å². The summed E-state index contributed by atoms with van der Waals surface area (Å²) in [7, 11) is 2.04. The maximum absolute atomic E-state index is 13.0. The molecule has 5 rings (SSSR count). The van der Waals surface area contributed by atoms with Gasteiger partial charge in [0.1, 0.15) is 11.9 Å². The maximum Gasteiger partial charge on any atom is 0.161 e. The Labute approximate surface area is 159 Å². The smallest absolute Gasteiger partial charge is 0.161 e. The normalized spacial score (nSPS) is 25.4. The first kappa shape index (κ1) is 16.8. The van der Waals surface area contributed by atoms with E-state index in [1.54, 1.807) is 0 Å². The van der Waals surface area contributed by atoms with Crippen LogP contribution in [0, 0.1) is 0 Å². The largest absolute Gasteiger partial charge is 0.490 e. The molecule has 0 N–H and O–H groups in total. The van der Waals surface area contributed by atoms with E-state index in [4.69, 9.17) is 4.74 Å². The van der Waals surface area contributed by atoms with Crippen molar-refractivity contribution < 1.29 is 14.3 Å². The topological polar surface area (TPSA) is 46.6 Å². The van der Waals surface area contributed by atoms with Crippen LogP contribution < -0.4 is 4.74 Å². The van der Waals surface area contributed by atoms with Gasteiger partial charge < -0.3 is 9.64 Å². The molecule has 2 heterocycles. The number of fused-ring (bicyclic) bond motifs is 1. The summed E-state index contributed by atoms with van der Waals surface area (Å²) in [5.41, 5.74) is 6.26. The van der Waals surface area contributed by atoms with Crippen LogP contribution in [0.1, 0.15) is 62.5 Å². The predicted octanol–water partition coefficient (Wildman–Crippen LogP) is 4.05. The lowest BCUT2D eigenvalue weighted by Crippen LogP contribution is -2.37. The number of hydrogen-bond acceptors (Lipinski definition) is 4. The second-order valence-electron chi connectivity index (χ2n) is 8.27. The van der Waals surface area contributed by atoms with Crippen molar-refractivity contribution in [3.8, 4) is 5.75 Å². The Morgan fingerprint density at radius 3 is 2.22 bits per heavy atom. The van der Waals surface area contributed by atoms with E-state index in [1.807, 2.05) is 13.1 Å². The van der Waals surface area contributed by atoms with Gasteiger partial charge in [-0.3, -0.25) is 9.59 Å². The molecule has 1 aromatic rings. The lowest BCUT2D eigenvalue weighted by atomic mass is 9.71. The summed E-state index contributed by atoms with van der Waals surface area (Å²) < 4.78 is 5.86. The Bertz CT molecular complexity index is 880. The fraction of sp³-hybridized carbons (Fsp3) is 0.478. The molecule has 140 valence electrons. The Hall–Kier alpha value is -2.36. The number of carbonyl (C=O) groups is 2. The molecule has 0 radical (unpaired) electrons. The van der Waals surface area contributed by atoms with Crippen LogP contribution in [0.5, 0.6) is 5.75 Å². The third kappa shape index (κ3) is 2.49. The molecule has 4 aliphatic rings. The molecule has 0 saturated carbocycles. The fourth-order valence-corrected chi connectivity index (χ4v) is 5.31. The first-order valence-electron chi connectivity index (χ1n) is 10.1. The standard InChI is InChI=1S/C23H25NO3/c1-13-11-15-12-14(9-10-20(15)27-13)21-22-16(5-3-7-18(22)25)24(2)17-6-4-8-19(26)23(17)21/h9-10,12-13,21H,3-8,11H2,1-2H3/t13-/m1/s1. The lowest BCUT2D eigenvalue weighted by molar-refractivity contribution is -0.117. The molecular weight excluding hydrogens is 338 g/mol. The zero-order valence-electron chi connectivity index (χ0n) is 16.0. The molecule has 0 amide bonds. The highest BCUT2D eigenvalue weighted by Gasteiger charge is 2.42. The molecule has 0 unspecified atom stereocenters. The SMILES string of the molecule is C[C@@H]1Cc2cc(C3C4=C(CCCC4=O)N(C)C4=C3C(=O)CCC4)ccc2O1. The van der Waals surface area contributed by atoms with Crippen molar-refractivity contribution in [3.63, 3.8) is 0 Å². The van der Waals surface area contributed by atoms with Gasteiger partial charge in [0.05, 0.1) is 0 Å². The minimum atomic E-state index is -0.201. The van der Waals surface area contributed by atoms with Gasteiger partial charge in [0.15, 0.2) is 11.6 Å². The summed E-state index contributed by atoms with van der Waals surface area (Å²) >= 11 is 0. The molecule has 27 heavy (non-hydrogen) atoms. The molecule has 4 nitrogen and oxygen atoms in total. The van der Waals surface area contributed by atoms with Crippen molar-refractivity contribution in [2.45, 2.75) is 63.9 Å². The second kappa shape index (κ2) is 6.08. The maximum atomic E-state index is 13.0. The molecule has 0 bridgehead atoms. The number of allylic oxidation sites excluding steroid dienone is 4. The van der Waals surface area contributed by atoms with E-state index < -0.39 is 0 Å². The first-order chi connectivity index (χ1) is 13.0. The van der Waals surface area contributed by atoms with Crippen LogP contribution in [-0.2, 0) is 16.0 Å². The summed E-state index contributed by atoms with van der Waals surface area (Å²) in [6.45, 7) is 2.08. The molecule has 2 aliphatic carbocycles. The Balaban J connectivity index is 1.70. The van der Waals surface area contributed by atoms with Crippen molar-refractivity contribution in [2.75, 3.05) is 7.05 Å². The third-order valence-electron chi connectivity index (χ3n) is 6.50. The number of carbonyl (C=O) groups excluding carboxylic acids is 2. The Kier molecular flexibility index (Phi) is 3.78. The van der Waals surface area contributed by atoms with Gasteiger partial charge in [-0.15, -0.1) is 0 Å². The molecule has 0 saturated heterocycles. The van der Waals surface area contributed by atoms with E-state index >= 15 is 0 Å². The molecule has 2 aliphatic heterocycles. The predicted molar refractivity (Wildman–Crippen MR) is 103 cm³/mol. The average Bonchev–Trinajstić information content (AvgIpc) is 3.02. The number of ketones is 2. The minimum absolute atomic E-state index is 0.185. The summed E-state index contributed by atoms with van der Waals surface area (Å²) in [5, 5.41) is 0. The lowest BCUT2D eigenvalue weighted by Gasteiger charge is -2.42. The van der Waals surface area contributed by atoms with E-state index in [9.17, 15) is 9.59 Å². The second-order valence-corrected chi connectivity index (χ2v) is 8.27. The number of nitrogens with zero attached hydrogens (tertiary/aromatic N) is 1. The average molecular weight is 363 g/mol. The molecule has 0 spiro atoms. The summed E-state index contributed by atoms with van der Waals surface area (Å²) in [5.74, 6) is 1.16. The number of ether oxygens (including phenoxy) is 1. The fourth-order valence-electron chi connectivity index (χ4n) is 5.31. The van der Waals surface area contributed by atoms with Gasteiger partial charge in [-0.2, -0.15) is 0 Å². The quantitative estimate of drug-likeness (QED) is 0.755. The number of rotatable bonds is 1. The highest BCUT2D eigenvalue weighted by atomic mass is 16.5. The van der Waals surface area contributed by atoms with Gasteiger partial charge in [-0.05, 0) is 49.8 Å². The molecule has 4 heteroatoms. The number of benzene rings is 1. The van der Waals surface area contributed by atoms with E-state index in [0.29, 0.717) is 12.8 Å². The molecule has 0 fully saturated rings. The van der Waals surface area contributed by atoms with Gasteiger partial charge in [-0.25, -0.2) is 0 Å². The Morgan fingerprint density at radius 2 is 1.59 bits per heavy atom. The van der Waals surface area contributed by atoms with Crippen molar-refractivity contribution in [1.82, 2.24) is 4.90 Å². The van der Waals surface area contributed by atoms with Gasteiger partial charge in [0, 0.05) is 54.8 Å². The van der Waals surface area contributed by atoms with Crippen molar-refractivity contribution in [3.05, 3.63) is 51.9 Å². The molecule has 1 atom stereocenters. The van der Waals surface area contributed by atoms with Crippen molar-refractivity contribution in [2.24, 2.45) is 0 Å². The monoisotopic (exact) mass is 363 g/mol. The molecule has 1 aromatic carbocycles. The van der Waals surface area contributed by atoms with Crippen LogP contribution >= 0.6 is 0 Å². The van der Waals surface area contributed by atoms with Gasteiger partial charge in [0.25, 0.3) is 0 Å². The van der Waals surface area contributed by atoms with E-state index in [2.05, 4.69) is 24.0 Å². The van der Waals surface area contributed by atoms with Crippen LogP contribution in [0.4, 0.5) is 0 Å². The van der Waals surface area contributed by atoms with Gasteiger partial charge in [-0.1, -0.05) is 12.1 Å². The van der Waals surface area contributed by atoms with Crippen LogP contribution in [0.3, 0.4) is 0 Å². The molecule has 0 aromatic heterocycles. The van der Waals surface area contributed by atoms with Crippen LogP contribution in [0.15, 0.2) is 40.7 Å². The van der Waals surface area contributed by atoms with Crippen LogP contribution in [-0.4, -0.2) is 29.6 Å². The first-order valence-corrected chi connectivity index (χ1v) is 10.1. The summed E-state index contributed by atoms with van der Waals surface area (Å²) in [4.78, 5) is 28.1. The summed E-state index contributed by atoms with van der Waals surface area (Å²) in [6.07, 6.45) is 5.89. The zero-order valence-corrected chi connectivity index (χ0v) is 16.0. The van der Waals surface area contributed by atoms with E-state index in [1.165, 1.54) is 5.56 Å². The highest BCUT2D eigenvalue weighted by molar-refractivity contribution is 6.06. The van der Waals surface area contributed by atoms with Crippen molar-refractivity contribution in [1.29, 1.82) is 0 Å². The van der Waals surface area contributed by atoms with Crippen molar-refractivity contribution >= 4 is 11.6 Å².